The molecule has 4 nitrogen and oxygen atoms in total. The molecule has 0 amide bonds. The number of ether oxygens (including phenoxy) is 1. The van der Waals surface area contributed by atoms with Gasteiger partial charge in [-0.25, -0.2) is 0 Å². The summed E-state index contributed by atoms with van der Waals surface area (Å²) in [6.07, 6.45) is 5.14. The standard InChI is InChI=1S/C25H29IN2O2/c1-16-14-25(26,15-23(29)24(16)19-9-12-30-13-10-19)20-6-4-7-21(17(20)2)28-22-8-5-11-27-18(22)3/h4-8,11,19,24,28H,1,9-10,12-15H2,2-3H3/t24?,25-/m0/s1. The van der Waals surface area contributed by atoms with Crippen molar-refractivity contribution in [3.8, 4) is 0 Å². The van der Waals surface area contributed by atoms with E-state index < -0.39 is 0 Å². The maximum Gasteiger partial charge on any atom is 0.141 e. The Hall–Kier alpha value is -1.73. The summed E-state index contributed by atoms with van der Waals surface area (Å²) in [7, 11) is 0. The van der Waals surface area contributed by atoms with Gasteiger partial charge in [-0.05, 0) is 68.4 Å². The predicted octanol–water partition coefficient (Wildman–Crippen LogP) is 6.03. The van der Waals surface area contributed by atoms with Crippen LogP contribution in [0.1, 0.15) is 42.5 Å². The smallest absolute Gasteiger partial charge is 0.141 e. The minimum Gasteiger partial charge on any atom is -0.381 e. The topological polar surface area (TPSA) is 51.2 Å². The molecule has 0 bridgehead atoms. The van der Waals surface area contributed by atoms with Gasteiger partial charge in [0, 0.05) is 37.4 Å². The third-order valence-electron chi connectivity index (χ3n) is 6.58. The molecule has 1 N–H and O–H groups in total. The van der Waals surface area contributed by atoms with E-state index in [1.54, 1.807) is 6.20 Å². The third kappa shape index (κ3) is 4.19. The number of Topliss-reactive ketones (excluding diaryl/α,β-unsaturated/α-hetero) is 1. The van der Waals surface area contributed by atoms with Crippen LogP contribution in [0.2, 0.25) is 0 Å². The summed E-state index contributed by atoms with van der Waals surface area (Å²) in [5.74, 6) is 0.729. The monoisotopic (exact) mass is 516 g/mol. The van der Waals surface area contributed by atoms with Gasteiger partial charge in [0.1, 0.15) is 5.78 Å². The number of carbonyl (C=O) groups excluding carboxylic acids is 1. The highest BCUT2D eigenvalue weighted by atomic mass is 127. The SMILES string of the molecule is C=C1C[C@@](I)(c2cccc(Nc3cccnc3C)c2C)CC(=O)C1C1CCOCC1. The van der Waals surface area contributed by atoms with Crippen LogP contribution >= 0.6 is 22.6 Å². The van der Waals surface area contributed by atoms with Crippen LogP contribution in [0.3, 0.4) is 0 Å². The maximum atomic E-state index is 13.3. The number of aromatic nitrogens is 1. The highest BCUT2D eigenvalue weighted by molar-refractivity contribution is 14.1. The number of alkyl halides is 1. The maximum absolute atomic E-state index is 13.3. The lowest BCUT2D eigenvalue weighted by molar-refractivity contribution is -0.126. The van der Waals surface area contributed by atoms with E-state index in [2.05, 4.69) is 64.6 Å². The van der Waals surface area contributed by atoms with Crippen LogP contribution in [0, 0.1) is 25.7 Å². The summed E-state index contributed by atoms with van der Waals surface area (Å²) in [5, 5.41) is 3.53. The van der Waals surface area contributed by atoms with Crippen molar-refractivity contribution in [2.24, 2.45) is 11.8 Å². The summed E-state index contributed by atoms with van der Waals surface area (Å²) in [6, 6.07) is 10.3. The lowest BCUT2D eigenvalue weighted by Crippen LogP contribution is -2.40. The number of hydrogen-bond donors (Lipinski definition) is 1. The number of ketones is 1. The molecule has 2 aliphatic rings. The number of rotatable bonds is 4. The second kappa shape index (κ2) is 8.79. The number of aryl methyl sites for hydroxylation is 1. The molecule has 1 aliphatic carbocycles. The van der Waals surface area contributed by atoms with Crippen molar-refractivity contribution in [1.29, 1.82) is 0 Å². The van der Waals surface area contributed by atoms with E-state index in [4.69, 9.17) is 4.74 Å². The molecular weight excluding hydrogens is 487 g/mol. The van der Waals surface area contributed by atoms with Crippen molar-refractivity contribution < 1.29 is 9.53 Å². The van der Waals surface area contributed by atoms with Gasteiger partial charge in [0.05, 0.1) is 14.8 Å². The first-order chi connectivity index (χ1) is 14.4. The molecule has 1 saturated heterocycles. The second-order valence-corrected chi connectivity index (χ2v) is 10.7. The molecule has 2 heterocycles. The minimum atomic E-state index is -0.251. The largest absolute Gasteiger partial charge is 0.381 e. The van der Waals surface area contributed by atoms with Gasteiger partial charge in [-0.15, -0.1) is 0 Å². The average molecular weight is 516 g/mol. The average Bonchev–Trinajstić information content (AvgIpc) is 2.71. The molecular formula is C25H29IN2O2. The van der Waals surface area contributed by atoms with Gasteiger partial charge in [-0.1, -0.05) is 46.9 Å². The molecule has 5 heteroatoms. The van der Waals surface area contributed by atoms with Crippen LogP contribution in [-0.4, -0.2) is 24.0 Å². The Morgan fingerprint density at radius 2 is 1.87 bits per heavy atom. The van der Waals surface area contributed by atoms with Gasteiger partial charge in [0.15, 0.2) is 0 Å². The molecule has 1 aromatic carbocycles. The number of pyridine rings is 1. The number of carbonyl (C=O) groups is 1. The van der Waals surface area contributed by atoms with Crippen LogP contribution in [0.5, 0.6) is 0 Å². The summed E-state index contributed by atoms with van der Waals surface area (Å²) in [4.78, 5) is 17.7. The Morgan fingerprint density at radius 1 is 1.13 bits per heavy atom. The fourth-order valence-corrected chi connectivity index (χ4v) is 6.45. The van der Waals surface area contributed by atoms with Crippen molar-refractivity contribution in [2.45, 2.75) is 43.0 Å². The van der Waals surface area contributed by atoms with Crippen LogP contribution in [0.4, 0.5) is 11.4 Å². The molecule has 0 radical (unpaired) electrons. The normalized spacial score (nSPS) is 25.4. The van der Waals surface area contributed by atoms with E-state index in [9.17, 15) is 4.79 Å². The minimum absolute atomic E-state index is 0.00329. The van der Waals surface area contributed by atoms with Crippen molar-refractivity contribution in [3.05, 3.63) is 65.5 Å². The number of anilines is 2. The Labute approximate surface area is 192 Å². The molecule has 2 fully saturated rings. The zero-order valence-electron chi connectivity index (χ0n) is 17.7. The van der Waals surface area contributed by atoms with E-state index in [-0.39, 0.29) is 9.34 Å². The van der Waals surface area contributed by atoms with Gasteiger partial charge >= 0.3 is 0 Å². The lowest BCUT2D eigenvalue weighted by Gasteiger charge is -2.41. The molecule has 1 unspecified atom stereocenters. The summed E-state index contributed by atoms with van der Waals surface area (Å²) in [5.41, 5.74) is 6.52. The fourth-order valence-electron chi connectivity index (χ4n) is 5.00. The zero-order valence-corrected chi connectivity index (χ0v) is 19.9. The van der Waals surface area contributed by atoms with Gasteiger partial charge in [0.25, 0.3) is 0 Å². The van der Waals surface area contributed by atoms with Crippen LogP contribution < -0.4 is 5.32 Å². The third-order valence-corrected chi connectivity index (χ3v) is 7.92. The van der Waals surface area contributed by atoms with Gasteiger partial charge in [-0.3, -0.25) is 9.78 Å². The molecule has 4 rings (SSSR count). The Morgan fingerprint density at radius 3 is 2.57 bits per heavy atom. The number of benzene rings is 1. The molecule has 1 aromatic heterocycles. The summed E-state index contributed by atoms with van der Waals surface area (Å²) < 4.78 is 5.25. The van der Waals surface area contributed by atoms with E-state index in [1.165, 1.54) is 11.1 Å². The predicted molar refractivity (Wildman–Crippen MR) is 130 cm³/mol. The molecule has 30 heavy (non-hydrogen) atoms. The fraction of sp³-hybridized carbons (Fsp3) is 0.440. The number of nitrogens with zero attached hydrogens (tertiary/aromatic N) is 1. The van der Waals surface area contributed by atoms with Gasteiger partial charge < -0.3 is 10.1 Å². The highest BCUT2D eigenvalue weighted by Gasteiger charge is 2.45. The molecule has 1 saturated carbocycles. The first kappa shape index (κ1) is 21.5. The first-order valence-corrected chi connectivity index (χ1v) is 11.7. The number of allylic oxidation sites excluding steroid dienone is 1. The molecule has 2 atom stereocenters. The summed E-state index contributed by atoms with van der Waals surface area (Å²) >= 11 is 2.50. The van der Waals surface area contributed by atoms with E-state index in [1.807, 2.05) is 19.1 Å². The van der Waals surface area contributed by atoms with Crippen molar-refractivity contribution in [2.75, 3.05) is 18.5 Å². The van der Waals surface area contributed by atoms with Gasteiger partial charge in [-0.2, -0.15) is 0 Å². The summed E-state index contributed by atoms with van der Waals surface area (Å²) in [6.45, 7) is 10.0. The first-order valence-electron chi connectivity index (χ1n) is 10.6. The Balaban J connectivity index is 1.60. The van der Waals surface area contributed by atoms with Crippen molar-refractivity contribution in [1.82, 2.24) is 4.98 Å². The van der Waals surface area contributed by atoms with Crippen LogP contribution in [0.25, 0.3) is 0 Å². The van der Waals surface area contributed by atoms with Crippen molar-refractivity contribution in [3.63, 3.8) is 0 Å². The quantitative estimate of drug-likeness (QED) is 0.306. The van der Waals surface area contributed by atoms with Crippen LogP contribution in [0.15, 0.2) is 48.7 Å². The molecule has 0 spiro atoms. The molecule has 2 aromatic rings. The number of halogens is 1. The molecule has 158 valence electrons. The highest BCUT2D eigenvalue weighted by Crippen LogP contribution is 2.51. The van der Waals surface area contributed by atoms with E-state index in [0.717, 1.165) is 55.1 Å². The lowest BCUT2D eigenvalue weighted by atomic mass is 9.68. The van der Waals surface area contributed by atoms with E-state index in [0.29, 0.717) is 18.1 Å². The second-order valence-electron chi connectivity index (χ2n) is 8.61. The number of nitrogens with one attached hydrogen (secondary N) is 1. The Bertz CT molecular complexity index is 947. The van der Waals surface area contributed by atoms with Gasteiger partial charge in [0.2, 0.25) is 0 Å². The van der Waals surface area contributed by atoms with E-state index >= 15 is 0 Å². The molecule has 1 aliphatic heterocycles. The van der Waals surface area contributed by atoms with Crippen LogP contribution in [-0.2, 0) is 13.0 Å². The Kier molecular flexibility index (Phi) is 6.30. The number of hydrogen-bond acceptors (Lipinski definition) is 4. The zero-order chi connectivity index (χ0) is 21.3. The van der Waals surface area contributed by atoms with Crippen molar-refractivity contribution >= 4 is 39.7 Å².